The molecule has 108 valence electrons. The van der Waals surface area contributed by atoms with Crippen LogP contribution in [0.25, 0.3) is 0 Å². The summed E-state index contributed by atoms with van der Waals surface area (Å²) in [4.78, 5) is 0. The molecule has 2 aliphatic heterocycles. The summed E-state index contributed by atoms with van der Waals surface area (Å²) in [5.41, 5.74) is 1.21. The highest BCUT2D eigenvalue weighted by Gasteiger charge is 2.52. The van der Waals surface area contributed by atoms with E-state index in [2.05, 4.69) is 5.32 Å². The third kappa shape index (κ3) is 2.18. The fourth-order valence-electron chi connectivity index (χ4n) is 2.59. The molecule has 1 aromatic carbocycles. The number of hydrogen-bond donors (Lipinski definition) is 1. The van der Waals surface area contributed by atoms with E-state index in [-0.39, 0.29) is 17.0 Å². The van der Waals surface area contributed by atoms with E-state index in [1.165, 1.54) is 6.07 Å². The quantitative estimate of drug-likeness (QED) is 0.836. The van der Waals surface area contributed by atoms with Crippen LogP contribution in [0, 0.1) is 5.82 Å². The molecular weight excluding hydrogens is 256 g/mol. The molecule has 5 heteroatoms. The molecular formula is C15H21BFNO2. The van der Waals surface area contributed by atoms with Gasteiger partial charge in [-0.15, -0.1) is 0 Å². The minimum absolute atomic E-state index is 0.202. The first-order valence-corrected chi connectivity index (χ1v) is 7.16. The van der Waals surface area contributed by atoms with E-state index in [0.717, 1.165) is 24.1 Å². The van der Waals surface area contributed by atoms with Crippen molar-refractivity contribution in [2.75, 3.05) is 13.1 Å². The maximum absolute atomic E-state index is 13.6. The van der Waals surface area contributed by atoms with Gasteiger partial charge in [-0.3, -0.25) is 0 Å². The Balaban J connectivity index is 1.95. The van der Waals surface area contributed by atoms with E-state index >= 15 is 0 Å². The molecule has 0 spiro atoms. The number of nitrogens with one attached hydrogen (secondary N) is 1. The zero-order chi connectivity index (χ0) is 14.5. The molecule has 20 heavy (non-hydrogen) atoms. The molecule has 3 rings (SSSR count). The molecule has 2 heterocycles. The van der Waals surface area contributed by atoms with Crippen LogP contribution < -0.4 is 10.8 Å². The van der Waals surface area contributed by atoms with Crippen molar-refractivity contribution in [3.63, 3.8) is 0 Å². The topological polar surface area (TPSA) is 30.5 Å². The lowest BCUT2D eigenvalue weighted by atomic mass is 9.72. The zero-order valence-corrected chi connectivity index (χ0v) is 12.5. The van der Waals surface area contributed by atoms with Gasteiger partial charge in [0, 0.05) is 19.0 Å². The van der Waals surface area contributed by atoms with E-state index in [9.17, 15) is 4.39 Å². The lowest BCUT2D eigenvalue weighted by Crippen LogP contribution is -2.46. The average molecular weight is 277 g/mol. The zero-order valence-electron chi connectivity index (χ0n) is 12.5. The molecule has 3 nitrogen and oxygen atoms in total. The van der Waals surface area contributed by atoms with Crippen LogP contribution in [0.3, 0.4) is 0 Å². The predicted molar refractivity (Wildman–Crippen MR) is 77.7 cm³/mol. The maximum atomic E-state index is 13.6. The first kappa shape index (κ1) is 14.0. The number of rotatable bonds is 2. The van der Waals surface area contributed by atoms with Gasteiger partial charge in [-0.2, -0.15) is 0 Å². The van der Waals surface area contributed by atoms with Crippen LogP contribution in [-0.2, 0) is 9.31 Å². The molecule has 2 fully saturated rings. The minimum Gasteiger partial charge on any atom is -0.399 e. The molecule has 0 amide bonds. The summed E-state index contributed by atoms with van der Waals surface area (Å²) in [6.45, 7) is 9.89. The Hall–Kier alpha value is -0.905. The van der Waals surface area contributed by atoms with Crippen LogP contribution in [0.4, 0.5) is 4.39 Å². The molecule has 0 atom stereocenters. The monoisotopic (exact) mass is 277 g/mol. The smallest absolute Gasteiger partial charge is 0.399 e. The first-order valence-electron chi connectivity index (χ1n) is 7.16. The number of hydrogen-bond acceptors (Lipinski definition) is 3. The highest BCUT2D eigenvalue weighted by molar-refractivity contribution is 6.62. The Morgan fingerprint density at radius 3 is 2.25 bits per heavy atom. The number of benzene rings is 1. The average Bonchev–Trinajstić information content (AvgIpc) is 2.45. The summed E-state index contributed by atoms with van der Waals surface area (Å²) in [6, 6.07) is 4.90. The van der Waals surface area contributed by atoms with Crippen molar-refractivity contribution in [3.05, 3.63) is 29.6 Å². The van der Waals surface area contributed by atoms with Crippen LogP contribution in [-0.4, -0.2) is 31.4 Å². The van der Waals surface area contributed by atoms with Gasteiger partial charge < -0.3 is 14.6 Å². The van der Waals surface area contributed by atoms with Gasteiger partial charge >= 0.3 is 7.12 Å². The lowest BCUT2D eigenvalue weighted by molar-refractivity contribution is 0.00578. The molecule has 0 bridgehead atoms. The van der Waals surface area contributed by atoms with Crippen molar-refractivity contribution < 1.29 is 13.7 Å². The van der Waals surface area contributed by atoms with E-state index in [1.807, 2.05) is 27.7 Å². The fraction of sp³-hybridized carbons (Fsp3) is 0.600. The van der Waals surface area contributed by atoms with E-state index in [0.29, 0.717) is 5.92 Å². The summed E-state index contributed by atoms with van der Waals surface area (Å²) in [5.74, 6) is 0.145. The third-order valence-electron chi connectivity index (χ3n) is 4.78. The van der Waals surface area contributed by atoms with E-state index in [1.54, 1.807) is 12.1 Å². The second kappa shape index (κ2) is 4.55. The number of halogens is 1. The van der Waals surface area contributed by atoms with Gasteiger partial charge in [0.15, 0.2) is 0 Å². The van der Waals surface area contributed by atoms with E-state index < -0.39 is 7.12 Å². The SMILES string of the molecule is CC1(C)OB(c2ccc(F)cc2C2CNC2)OC1(C)C. The van der Waals surface area contributed by atoms with Crippen molar-refractivity contribution in [1.29, 1.82) is 0 Å². The van der Waals surface area contributed by atoms with E-state index in [4.69, 9.17) is 9.31 Å². The first-order chi connectivity index (χ1) is 9.30. The fourth-order valence-corrected chi connectivity index (χ4v) is 2.59. The van der Waals surface area contributed by atoms with Gasteiger partial charge in [0.1, 0.15) is 5.82 Å². The molecule has 0 aliphatic carbocycles. The second-order valence-electron chi connectivity index (χ2n) is 6.72. The van der Waals surface area contributed by atoms with Gasteiger partial charge in [-0.1, -0.05) is 6.07 Å². The van der Waals surface area contributed by atoms with Crippen LogP contribution in [0.1, 0.15) is 39.2 Å². The Morgan fingerprint density at radius 2 is 1.75 bits per heavy atom. The highest BCUT2D eigenvalue weighted by Crippen LogP contribution is 2.37. The Kier molecular flexibility index (Phi) is 3.20. The Bertz CT molecular complexity index is 513. The summed E-state index contributed by atoms with van der Waals surface area (Å²) in [7, 11) is -0.420. The molecule has 0 aromatic heterocycles. The standard InChI is InChI=1S/C15H21BFNO2/c1-14(2)15(3,4)20-16(19-14)13-6-5-11(17)7-12(13)10-8-18-9-10/h5-7,10,18H,8-9H2,1-4H3. The van der Waals surface area contributed by atoms with Gasteiger partial charge in [-0.25, -0.2) is 4.39 Å². The molecule has 0 saturated carbocycles. The van der Waals surface area contributed by atoms with Gasteiger partial charge in [0.25, 0.3) is 0 Å². The van der Waals surface area contributed by atoms with Gasteiger partial charge in [0.05, 0.1) is 11.2 Å². The van der Waals surface area contributed by atoms with Crippen LogP contribution in [0.5, 0.6) is 0 Å². The lowest BCUT2D eigenvalue weighted by Gasteiger charge is -2.32. The highest BCUT2D eigenvalue weighted by atomic mass is 19.1. The van der Waals surface area contributed by atoms with Crippen molar-refractivity contribution in [2.24, 2.45) is 0 Å². The Morgan fingerprint density at radius 1 is 1.15 bits per heavy atom. The maximum Gasteiger partial charge on any atom is 0.495 e. The van der Waals surface area contributed by atoms with Crippen molar-refractivity contribution in [1.82, 2.24) is 5.32 Å². The molecule has 0 unspecified atom stereocenters. The third-order valence-corrected chi connectivity index (χ3v) is 4.78. The largest absolute Gasteiger partial charge is 0.495 e. The predicted octanol–water partition coefficient (Wildman–Crippen LogP) is 1.81. The molecule has 2 saturated heterocycles. The van der Waals surface area contributed by atoms with Gasteiger partial charge in [0.2, 0.25) is 0 Å². The molecule has 2 aliphatic rings. The molecule has 1 aromatic rings. The van der Waals surface area contributed by atoms with Gasteiger partial charge in [-0.05, 0) is 50.9 Å². The summed E-state index contributed by atoms with van der Waals surface area (Å²) in [5, 5.41) is 3.23. The summed E-state index contributed by atoms with van der Waals surface area (Å²) in [6.07, 6.45) is 0. The van der Waals surface area contributed by atoms with Crippen molar-refractivity contribution in [3.8, 4) is 0 Å². The van der Waals surface area contributed by atoms with Crippen LogP contribution >= 0.6 is 0 Å². The van der Waals surface area contributed by atoms with Crippen LogP contribution in [0.2, 0.25) is 0 Å². The van der Waals surface area contributed by atoms with Crippen molar-refractivity contribution >= 4 is 12.6 Å². The summed E-state index contributed by atoms with van der Waals surface area (Å²) >= 11 is 0. The molecule has 1 N–H and O–H groups in total. The summed E-state index contributed by atoms with van der Waals surface area (Å²) < 4.78 is 25.7. The Labute approximate surface area is 120 Å². The van der Waals surface area contributed by atoms with Crippen molar-refractivity contribution in [2.45, 2.75) is 44.8 Å². The normalized spacial score (nSPS) is 24.8. The van der Waals surface area contributed by atoms with Crippen LogP contribution in [0.15, 0.2) is 18.2 Å². The molecule has 0 radical (unpaired) electrons. The minimum atomic E-state index is -0.420. The second-order valence-corrected chi connectivity index (χ2v) is 6.72.